The molecule has 4 aromatic rings. The third kappa shape index (κ3) is 4.52. The van der Waals surface area contributed by atoms with E-state index < -0.39 is 11.9 Å². The van der Waals surface area contributed by atoms with E-state index in [1.54, 1.807) is 42.6 Å². The minimum atomic E-state index is -0.511. The summed E-state index contributed by atoms with van der Waals surface area (Å²) in [5.41, 5.74) is 3.27. The van der Waals surface area contributed by atoms with Crippen molar-refractivity contribution in [2.75, 3.05) is 29.9 Å². The quantitative estimate of drug-likeness (QED) is 0.431. The molecule has 1 saturated heterocycles. The molecular weight excluding hydrogens is 478 g/mol. The number of hydrogen-bond acceptors (Lipinski definition) is 6. The van der Waals surface area contributed by atoms with Gasteiger partial charge in [-0.05, 0) is 42.0 Å². The second kappa shape index (κ2) is 9.50. The average Bonchev–Trinajstić information content (AvgIpc) is 2.85. The van der Waals surface area contributed by atoms with Crippen molar-refractivity contribution in [3.8, 4) is 11.1 Å². The van der Waals surface area contributed by atoms with E-state index in [9.17, 15) is 9.18 Å². The minimum absolute atomic E-state index is 0.0374. The lowest BCUT2D eigenvalue weighted by molar-refractivity contribution is -0.117. The fraction of sp³-hybridized carbons (Fsp3) is 0.167. The van der Waals surface area contributed by atoms with Crippen LogP contribution in [0.15, 0.2) is 61.1 Å². The van der Waals surface area contributed by atoms with E-state index in [0.29, 0.717) is 47.2 Å². The molecule has 1 unspecified atom stereocenters. The largest absolute Gasteiger partial charge is 0.340 e. The Labute approximate surface area is 204 Å². The zero-order valence-corrected chi connectivity index (χ0v) is 19.3. The molecule has 1 fully saturated rings. The number of hydrogen-bond donors (Lipinski definition) is 2. The van der Waals surface area contributed by atoms with Crippen molar-refractivity contribution in [1.82, 2.24) is 20.3 Å². The van der Waals surface area contributed by atoms with Gasteiger partial charge in [-0.3, -0.25) is 9.78 Å². The molecular formula is C24H19Cl2FN6O. The molecule has 0 radical (unpaired) electrons. The van der Waals surface area contributed by atoms with Crippen LogP contribution in [0.3, 0.4) is 0 Å². The number of amides is 1. The maximum absolute atomic E-state index is 13.6. The van der Waals surface area contributed by atoms with E-state index in [1.165, 1.54) is 12.4 Å². The van der Waals surface area contributed by atoms with Crippen LogP contribution < -0.4 is 15.5 Å². The molecule has 3 heterocycles. The standard InChI is InChI=1S/C24H19Cl2FN6O/c25-16-2-1-3-17(10-16)32-24(34)21-12-28-6-7-33(21)23-22-20(30-13-31-23)9-15(11-29-22)14-4-5-19(27)18(26)8-14/h1-5,8-11,13,21,28H,6-7,12H2,(H,32,34). The van der Waals surface area contributed by atoms with Crippen molar-refractivity contribution < 1.29 is 9.18 Å². The first-order valence-electron chi connectivity index (χ1n) is 10.6. The van der Waals surface area contributed by atoms with Gasteiger partial charge in [0, 0.05) is 42.1 Å². The van der Waals surface area contributed by atoms with Gasteiger partial charge in [-0.15, -0.1) is 0 Å². The molecule has 0 spiro atoms. The lowest BCUT2D eigenvalue weighted by Gasteiger charge is -2.36. The van der Waals surface area contributed by atoms with Gasteiger partial charge in [-0.25, -0.2) is 14.4 Å². The summed E-state index contributed by atoms with van der Waals surface area (Å²) in [4.78, 5) is 28.5. The van der Waals surface area contributed by atoms with E-state index in [0.717, 1.165) is 11.1 Å². The van der Waals surface area contributed by atoms with Gasteiger partial charge in [0.2, 0.25) is 5.91 Å². The van der Waals surface area contributed by atoms with Crippen molar-refractivity contribution in [2.45, 2.75) is 6.04 Å². The van der Waals surface area contributed by atoms with Crippen LogP contribution in [0, 0.1) is 5.82 Å². The predicted molar refractivity (Wildman–Crippen MR) is 132 cm³/mol. The highest BCUT2D eigenvalue weighted by molar-refractivity contribution is 6.31. The molecule has 1 aliphatic rings. The highest BCUT2D eigenvalue weighted by Crippen LogP contribution is 2.29. The molecule has 34 heavy (non-hydrogen) atoms. The zero-order valence-electron chi connectivity index (χ0n) is 17.8. The summed E-state index contributed by atoms with van der Waals surface area (Å²) in [6.07, 6.45) is 3.12. The summed E-state index contributed by atoms with van der Waals surface area (Å²) in [7, 11) is 0. The Morgan fingerprint density at radius 3 is 2.79 bits per heavy atom. The average molecular weight is 497 g/mol. The first-order chi connectivity index (χ1) is 16.5. The van der Waals surface area contributed by atoms with Crippen LogP contribution in [0.5, 0.6) is 0 Å². The van der Waals surface area contributed by atoms with Gasteiger partial charge >= 0.3 is 0 Å². The molecule has 1 aliphatic heterocycles. The fourth-order valence-corrected chi connectivity index (χ4v) is 4.33. The molecule has 0 aliphatic carbocycles. The Morgan fingerprint density at radius 1 is 1.09 bits per heavy atom. The first-order valence-corrected chi connectivity index (χ1v) is 11.3. The van der Waals surface area contributed by atoms with Crippen molar-refractivity contribution in [2.24, 2.45) is 0 Å². The lowest BCUT2D eigenvalue weighted by atomic mass is 10.1. The van der Waals surface area contributed by atoms with E-state index in [1.807, 2.05) is 11.0 Å². The number of carbonyl (C=O) groups is 1. The highest BCUT2D eigenvalue weighted by atomic mass is 35.5. The summed E-state index contributed by atoms with van der Waals surface area (Å²) in [6, 6.07) is 12.9. The molecule has 172 valence electrons. The minimum Gasteiger partial charge on any atom is -0.340 e. The van der Waals surface area contributed by atoms with E-state index in [2.05, 4.69) is 25.6 Å². The third-order valence-corrected chi connectivity index (χ3v) is 6.14. The van der Waals surface area contributed by atoms with Gasteiger partial charge in [0.1, 0.15) is 23.7 Å². The summed E-state index contributed by atoms with van der Waals surface area (Å²) in [5, 5.41) is 6.77. The normalized spacial score (nSPS) is 16.0. The van der Waals surface area contributed by atoms with Gasteiger partial charge in [0.05, 0.1) is 10.5 Å². The van der Waals surface area contributed by atoms with E-state index in [-0.39, 0.29) is 10.9 Å². The van der Waals surface area contributed by atoms with Gasteiger partial charge in [0.25, 0.3) is 0 Å². The fourth-order valence-electron chi connectivity index (χ4n) is 3.96. The van der Waals surface area contributed by atoms with E-state index >= 15 is 0 Å². The molecule has 1 atom stereocenters. The van der Waals surface area contributed by atoms with E-state index in [4.69, 9.17) is 23.2 Å². The molecule has 2 N–H and O–H groups in total. The Bertz CT molecular complexity index is 1380. The Kier molecular flexibility index (Phi) is 6.28. The number of carbonyl (C=O) groups excluding carboxylic acids is 1. The van der Waals surface area contributed by atoms with Crippen LogP contribution in [-0.4, -0.2) is 46.5 Å². The van der Waals surface area contributed by atoms with Gasteiger partial charge in [0.15, 0.2) is 5.82 Å². The number of benzene rings is 2. The van der Waals surface area contributed by atoms with Crippen LogP contribution in [0.2, 0.25) is 10.0 Å². The monoisotopic (exact) mass is 496 g/mol. The van der Waals surface area contributed by atoms with Gasteiger partial charge in [-0.1, -0.05) is 35.3 Å². The number of fused-ring (bicyclic) bond motifs is 1. The first kappa shape index (κ1) is 22.5. The van der Waals surface area contributed by atoms with Crippen LogP contribution in [0.1, 0.15) is 0 Å². The number of piperazine rings is 1. The van der Waals surface area contributed by atoms with Crippen molar-refractivity contribution in [3.05, 3.63) is 76.9 Å². The molecule has 0 bridgehead atoms. The summed E-state index contributed by atoms with van der Waals surface area (Å²) in [6.45, 7) is 1.71. The second-order valence-electron chi connectivity index (χ2n) is 7.83. The topological polar surface area (TPSA) is 83.0 Å². The smallest absolute Gasteiger partial charge is 0.248 e. The molecule has 1 amide bonds. The second-order valence-corrected chi connectivity index (χ2v) is 8.67. The number of rotatable bonds is 4. The van der Waals surface area contributed by atoms with Crippen LogP contribution in [0.25, 0.3) is 22.2 Å². The summed E-state index contributed by atoms with van der Waals surface area (Å²) < 4.78 is 13.6. The molecule has 2 aromatic carbocycles. The molecule has 10 heteroatoms. The molecule has 7 nitrogen and oxygen atoms in total. The van der Waals surface area contributed by atoms with Crippen molar-refractivity contribution in [1.29, 1.82) is 0 Å². The maximum Gasteiger partial charge on any atom is 0.248 e. The Hall–Kier alpha value is -3.33. The van der Waals surface area contributed by atoms with Gasteiger partial charge in [-0.2, -0.15) is 0 Å². The third-order valence-electron chi connectivity index (χ3n) is 5.62. The lowest BCUT2D eigenvalue weighted by Crippen LogP contribution is -2.57. The van der Waals surface area contributed by atoms with Crippen LogP contribution >= 0.6 is 23.2 Å². The number of halogens is 3. The number of nitrogens with one attached hydrogen (secondary N) is 2. The van der Waals surface area contributed by atoms with Crippen molar-refractivity contribution in [3.63, 3.8) is 0 Å². The molecule has 0 saturated carbocycles. The van der Waals surface area contributed by atoms with Crippen LogP contribution in [-0.2, 0) is 4.79 Å². The predicted octanol–water partition coefficient (Wildman–Crippen LogP) is 4.55. The zero-order chi connectivity index (χ0) is 23.7. The number of pyridine rings is 1. The summed E-state index contributed by atoms with van der Waals surface area (Å²) >= 11 is 12.0. The Balaban J connectivity index is 1.47. The SMILES string of the molecule is O=C(Nc1cccc(Cl)c1)C1CNCCN1c1ncnc2cc(-c3ccc(F)c(Cl)c3)cnc12. The van der Waals surface area contributed by atoms with Crippen molar-refractivity contribution >= 4 is 51.6 Å². The highest BCUT2D eigenvalue weighted by Gasteiger charge is 2.31. The Morgan fingerprint density at radius 2 is 1.97 bits per heavy atom. The number of nitrogens with zero attached hydrogens (tertiary/aromatic N) is 4. The number of anilines is 2. The van der Waals surface area contributed by atoms with Gasteiger partial charge < -0.3 is 15.5 Å². The maximum atomic E-state index is 13.6. The molecule has 5 rings (SSSR count). The summed E-state index contributed by atoms with van der Waals surface area (Å²) in [5.74, 6) is -0.0928. The number of aromatic nitrogens is 3. The molecule has 2 aromatic heterocycles. The van der Waals surface area contributed by atoms with Crippen LogP contribution in [0.4, 0.5) is 15.9 Å².